The second-order valence-corrected chi connectivity index (χ2v) is 6.18. The standard InChI is InChI=1S/C22H21N3O3/c1-28-19-11-9-18(10-12-19)24-22(27)20(14-16-6-3-2-4-7-16)25-21(26)17-8-5-13-23-15-17/h2-13,15,20H,14H2,1H3,(H,24,27)(H,25,26)/t20-/m0/s1. The van der Waals surface area contributed by atoms with Gasteiger partial charge in [-0.2, -0.15) is 0 Å². The van der Waals surface area contributed by atoms with E-state index in [2.05, 4.69) is 15.6 Å². The lowest BCUT2D eigenvalue weighted by Gasteiger charge is -2.19. The molecule has 3 rings (SSSR count). The number of ether oxygens (including phenoxy) is 1. The van der Waals surface area contributed by atoms with Crippen LogP contribution in [0.5, 0.6) is 5.75 Å². The molecule has 0 radical (unpaired) electrons. The number of nitrogens with zero attached hydrogens (tertiary/aromatic N) is 1. The highest BCUT2D eigenvalue weighted by molar-refractivity contribution is 6.01. The predicted molar refractivity (Wildman–Crippen MR) is 107 cm³/mol. The van der Waals surface area contributed by atoms with Crippen LogP contribution >= 0.6 is 0 Å². The van der Waals surface area contributed by atoms with Crippen LogP contribution in [0, 0.1) is 0 Å². The molecule has 0 saturated heterocycles. The zero-order valence-corrected chi connectivity index (χ0v) is 15.5. The first-order valence-electron chi connectivity index (χ1n) is 8.85. The van der Waals surface area contributed by atoms with Crippen LogP contribution in [-0.4, -0.2) is 29.9 Å². The van der Waals surface area contributed by atoms with Crippen molar-refractivity contribution >= 4 is 17.5 Å². The molecule has 0 unspecified atom stereocenters. The molecule has 0 aliphatic rings. The molecule has 0 spiro atoms. The van der Waals surface area contributed by atoms with E-state index in [-0.39, 0.29) is 11.8 Å². The quantitative estimate of drug-likeness (QED) is 0.665. The maximum atomic E-state index is 12.9. The van der Waals surface area contributed by atoms with Crippen molar-refractivity contribution < 1.29 is 14.3 Å². The lowest BCUT2D eigenvalue weighted by atomic mass is 10.0. The molecule has 6 nitrogen and oxygen atoms in total. The van der Waals surface area contributed by atoms with Crippen LogP contribution < -0.4 is 15.4 Å². The van der Waals surface area contributed by atoms with Gasteiger partial charge in [0.1, 0.15) is 11.8 Å². The van der Waals surface area contributed by atoms with Crippen LogP contribution in [0.4, 0.5) is 5.69 Å². The molecule has 0 aliphatic heterocycles. The van der Waals surface area contributed by atoms with E-state index in [1.54, 1.807) is 49.7 Å². The SMILES string of the molecule is COc1ccc(NC(=O)[C@H](Cc2ccccc2)NC(=O)c2cccnc2)cc1. The lowest BCUT2D eigenvalue weighted by molar-refractivity contribution is -0.118. The van der Waals surface area contributed by atoms with Gasteiger partial charge in [-0.15, -0.1) is 0 Å². The maximum Gasteiger partial charge on any atom is 0.253 e. The minimum Gasteiger partial charge on any atom is -0.497 e. The number of carbonyl (C=O) groups is 2. The normalized spacial score (nSPS) is 11.3. The van der Waals surface area contributed by atoms with Gasteiger partial charge in [0.25, 0.3) is 5.91 Å². The van der Waals surface area contributed by atoms with Gasteiger partial charge in [-0.1, -0.05) is 30.3 Å². The summed E-state index contributed by atoms with van der Waals surface area (Å²) in [5.74, 6) is 0.0499. The number of rotatable bonds is 7. The van der Waals surface area contributed by atoms with Crippen LogP contribution in [0.3, 0.4) is 0 Å². The first-order chi connectivity index (χ1) is 13.7. The lowest BCUT2D eigenvalue weighted by Crippen LogP contribution is -2.45. The zero-order valence-electron chi connectivity index (χ0n) is 15.5. The molecule has 0 bridgehead atoms. The van der Waals surface area contributed by atoms with Gasteiger partial charge < -0.3 is 15.4 Å². The highest BCUT2D eigenvalue weighted by Crippen LogP contribution is 2.16. The largest absolute Gasteiger partial charge is 0.497 e. The number of carbonyl (C=O) groups excluding carboxylic acids is 2. The van der Waals surface area contributed by atoms with Gasteiger partial charge in [-0.05, 0) is 42.0 Å². The molecule has 0 fully saturated rings. The van der Waals surface area contributed by atoms with Crippen molar-refractivity contribution in [1.82, 2.24) is 10.3 Å². The summed E-state index contributed by atoms with van der Waals surface area (Å²) in [7, 11) is 1.58. The van der Waals surface area contributed by atoms with Crippen molar-refractivity contribution in [1.29, 1.82) is 0 Å². The third-order valence-electron chi connectivity index (χ3n) is 4.19. The zero-order chi connectivity index (χ0) is 19.8. The monoisotopic (exact) mass is 375 g/mol. The molecule has 1 atom stereocenters. The third-order valence-corrected chi connectivity index (χ3v) is 4.19. The topological polar surface area (TPSA) is 80.3 Å². The number of pyridine rings is 1. The molecular formula is C22H21N3O3. The minimum absolute atomic E-state index is 0.300. The molecule has 2 N–H and O–H groups in total. The molecule has 1 aromatic heterocycles. The van der Waals surface area contributed by atoms with E-state index in [9.17, 15) is 9.59 Å². The van der Waals surface area contributed by atoms with Crippen molar-refractivity contribution in [2.75, 3.05) is 12.4 Å². The van der Waals surface area contributed by atoms with Gasteiger partial charge in [0, 0.05) is 24.5 Å². The first kappa shape index (κ1) is 19.1. The van der Waals surface area contributed by atoms with Crippen LogP contribution in [0.25, 0.3) is 0 Å². The van der Waals surface area contributed by atoms with Crippen LogP contribution in [0.2, 0.25) is 0 Å². The van der Waals surface area contributed by atoms with Gasteiger partial charge in [0.2, 0.25) is 5.91 Å². The van der Waals surface area contributed by atoms with E-state index in [1.165, 1.54) is 6.20 Å². The summed E-state index contributed by atoms with van der Waals surface area (Å²) in [5.41, 5.74) is 1.97. The first-order valence-corrected chi connectivity index (χ1v) is 8.85. The number of methoxy groups -OCH3 is 1. The summed E-state index contributed by atoms with van der Waals surface area (Å²) < 4.78 is 5.13. The second-order valence-electron chi connectivity index (χ2n) is 6.18. The Labute approximate surface area is 163 Å². The molecule has 3 aromatic rings. The van der Waals surface area contributed by atoms with Gasteiger partial charge in [-0.25, -0.2) is 0 Å². The number of anilines is 1. The molecule has 142 valence electrons. The van der Waals surface area contributed by atoms with E-state index in [0.29, 0.717) is 23.4 Å². The van der Waals surface area contributed by atoms with Gasteiger partial charge in [-0.3, -0.25) is 14.6 Å². The molecular weight excluding hydrogens is 354 g/mol. The number of benzene rings is 2. The van der Waals surface area contributed by atoms with Gasteiger partial charge >= 0.3 is 0 Å². The average molecular weight is 375 g/mol. The van der Waals surface area contributed by atoms with Gasteiger partial charge in [0.15, 0.2) is 0 Å². The average Bonchev–Trinajstić information content (AvgIpc) is 2.75. The Morgan fingerprint density at radius 3 is 2.39 bits per heavy atom. The van der Waals surface area contributed by atoms with E-state index in [1.807, 2.05) is 30.3 Å². The summed E-state index contributed by atoms with van der Waals surface area (Å²) in [6.07, 6.45) is 3.43. The van der Waals surface area contributed by atoms with Crippen LogP contribution in [0.1, 0.15) is 15.9 Å². The summed E-state index contributed by atoms with van der Waals surface area (Å²) in [6.45, 7) is 0. The number of hydrogen-bond acceptors (Lipinski definition) is 4. The third kappa shape index (κ3) is 5.17. The molecule has 2 amide bonds. The Kier molecular flexibility index (Phi) is 6.36. The van der Waals surface area contributed by atoms with E-state index >= 15 is 0 Å². The van der Waals surface area contributed by atoms with E-state index in [4.69, 9.17) is 4.74 Å². The van der Waals surface area contributed by atoms with Crippen molar-refractivity contribution in [3.63, 3.8) is 0 Å². The predicted octanol–water partition coefficient (Wildman–Crippen LogP) is 3.07. The Morgan fingerprint density at radius 2 is 1.75 bits per heavy atom. The highest BCUT2D eigenvalue weighted by atomic mass is 16.5. The minimum atomic E-state index is -0.739. The Balaban J connectivity index is 1.76. The van der Waals surface area contributed by atoms with E-state index in [0.717, 1.165) is 5.56 Å². The number of amides is 2. The van der Waals surface area contributed by atoms with Crippen LogP contribution in [0.15, 0.2) is 79.1 Å². The number of nitrogens with one attached hydrogen (secondary N) is 2. The number of aromatic nitrogens is 1. The fourth-order valence-electron chi connectivity index (χ4n) is 2.70. The summed E-state index contributed by atoms with van der Waals surface area (Å²) >= 11 is 0. The number of hydrogen-bond donors (Lipinski definition) is 2. The molecule has 2 aromatic carbocycles. The second kappa shape index (κ2) is 9.32. The summed E-state index contributed by atoms with van der Waals surface area (Å²) in [6, 6.07) is 19.2. The van der Waals surface area contributed by atoms with Crippen LogP contribution in [-0.2, 0) is 11.2 Å². The summed E-state index contributed by atoms with van der Waals surface area (Å²) in [4.78, 5) is 29.4. The molecule has 6 heteroatoms. The Hall–Kier alpha value is -3.67. The molecule has 28 heavy (non-hydrogen) atoms. The Bertz CT molecular complexity index is 913. The molecule has 1 heterocycles. The van der Waals surface area contributed by atoms with Crippen molar-refractivity contribution in [2.24, 2.45) is 0 Å². The molecule has 0 saturated carbocycles. The fraction of sp³-hybridized carbons (Fsp3) is 0.136. The van der Waals surface area contributed by atoms with Crippen molar-refractivity contribution in [2.45, 2.75) is 12.5 Å². The maximum absolute atomic E-state index is 12.9. The highest BCUT2D eigenvalue weighted by Gasteiger charge is 2.22. The fourth-order valence-corrected chi connectivity index (χ4v) is 2.70. The van der Waals surface area contributed by atoms with Crippen molar-refractivity contribution in [3.05, 3.63) is 90.3 Å². The Morgan fingerprint density at radius 1 is 1.00 bits per heavy atom. The molecule has 0 aliphatic carbocycles. The van der Waals surface area contributed by atoms with E-state index < -0.39 is 6.04 Å². The summed E-state index contributed by atoms with van der Waals surface area (Å²) in [5, 5.41) is 5.65. The smallest absolute Gasteiger partial charge is 0.253 e. The van der Waals surface area contributed by atoms with Crippen molar-refractivity contribution in [3.8, 4) is 5.75 Å². The van der Waals surface area contributed by atoms with Gasteiger partial charge in [0.05, 0.1) is 12.7 Å².